The predicted molar refractivity (Wildman–Crippen MR) is 109 cm³/mol. The normalized spacial score (nSPS) is 18.3. The molecule has 0 atom stereocenters. The molecule has 0 radical (unpaired) electrons. The number of anilines is 1. The summed E-state index contributed by atoms with van der Waals surface area (Å²) in [7, 11) is 0. The number of rotatable bonds is 4. The standard InChI is InChI=1S/C20H25N5O4/c26-19-16(14-21-29-20(27)22-15-6-2-1-3-7-15)18(24-10-12-28-13-11-24)23-17-8-4-5-9-25(17)19/h4-5,8-9,14-15H,1-3,6-7,10-13H2,(H,22,27)/b21-14-. The third-order valence-electron chi connectivity index (χ3n) is 5.30. The van der Waals surface area contributed by atoms with Gasteiger partial charge in [-0.2, -0.15) is 0 Å². The number of carbonyl (C=O) groups excluding carboxylic acids is 1. The molecule has 2 aliphatic rings. The van der Waals surface area contributed by atoms with Crippen molar-refractivity contribution in [1.82, 2.24) is 14.7 Å². The minimum atomic E-state index is -0.602. The van der Waals surface area contributed by atoms with Crippen LogP contribution in [0.2, 0.25) is 0 Å². The first-order valence-corrected chi connectivity index (χ1v) is 10.1. The SMILES string of the molecule is O=C(NC1CCCCC1)O/N=C\c1c(N2CCOCC2)nc2ccccn2c1=O. The lowest BCUT2D eigenvalue weighted by Crippen LogP contribution is -2.39. The Morgan fingerprint density at radius 1 is 1.24 bits per heavy atom. The number of carbonyl (C=O) groups is 1. The van der Waals surface area contributed by atoms with Crippen LogP contribution in [0.1, 0.15) is 37.7 Å². The number of morpholine rings is 1. The van der Waals surface area contributed by atoms with Crippen LogP contribution in [0.25, 0.3) is 5.65 Å². The van der Waals surface area contributed by atoms with Crippen LogP contribution in [0, 0.1) is 0 Å². The molecule has 2 aromatic rings. The maximum atomic E-state index is 13.0. The molecule has 4 rings (SSSR count). The molecule has 0 spiro atoms. The molecular weight excluding hydrogens is 374 g/mol. The maximum absolute atomic E-state index is 13.0. The molecule has 0 aromatic carbocycles. The fourth-order valence-corrected chi connectivity index (χ4v) is 3.79. The smallest absolute Gasteiger partial charge is 0.378 e. The number of oxime groups is 1. The second-order valence-electron chi connectivity index (χ2n) is 7.28. The number of nitrogens with zero attached hydrogens (tertiary/aromatic N) is 4. The lowest BCUT2D eigenvalue weighted by atomic mass is 9.96. The Balaban J connectivity index is 1.56. The first kappa shape index (κ1) is 19.4. The van der Waals surface area contributed by atoms with E-state index in [1.165, 1.54) is 17.0 Å². The van der Waals surface area contributed by atoms with Gasteiger partial charge in [0.1, 0.15) is 17.0 Å². The van der Waals surface area contributed by atoms with Crippen LogP contribution in [0.15, 0.2) is 34.3 Å². The van der Waals surface area contributed by atoms with Gasteiger partial charge in [-0.05, 0) is 25.0 Å². The highest BCUT2D eigenvalue weighted by molar-refractivity contribution is 5.87. The topological polar surface area (TPSA) is 97.5 Å². The Kier molecular flexibility index (Phi) is 6.04. The van der Waals surface area contributed by atoms with Crippen LogP contribution < -0.4 is 15.8 Å². The molecule has 0 bridgehead atoms. The summed E-state index contributed by atoms with van der Waals surface area (Å²) in [4.78, 5) is 36.6. The number of aromatic nitrogens is 2. The third-order valence-corrected chi connectivity index (χ3v) is 5.30. The van der Waals surface area contributed by atoms with Gasteiger partial charge in [0.15, 0.2) is 0 Å². The van der Waals surface area contributed by atoms with Gasteiger partial charge in [0.05, 0.1) is 19.4 Å². The lowest BCUT2D eigenvalue weighted by molar-refractivity contribution is 0.122. The molecule has 2 aromatic heterocycles. The second kappa shape index (κ2) is 9.04. The minimum absolute atomic E-state index is 0.128. The third kappa shape index (κ3) is 4.56. The van der Waals surface area contributed by atoms with E-state index in [-0.39, 0.29) is 17.2 Å². The molecule has 1 aliphatic carbocycles. The molecule has 1 amide bonds. The molecule has 154 valence electrons. The van der Waals surface area contributed by atoms with Gasteiger partial charge in [0, 0.05) is 25.3 Å². The molecule has 29 heavy (non-hydrogen) atoms. The summed E-state index contributed by atoms with van der Waals surface area (Å²) in [5.41, 5.74) is 0.560. The highest BCUT2D eigenvalue weighted by Gasteiger charge is 2.20. The van der Waals surface area contributed by atoms with Crippen molar-refractivity contribution in [3.05, 3.63) is 40.3 Å². The summed E-state index contributed by atoms with van der Waals surface area (Å²) in [6, 6.07) is 5.50. The molecule has 3 heterocycles. The minimum Gasteiger partial charge on any atom is -0.378 e. The fraction of sp³-hybridized carbons (Fsp3) is 0.500. The quantitative estimate of drug-likeness (QED) is 0.479. The zero-order valence-electron chi connectivity index (χ0n) is 16.2. The second-order valence-corrected chi connectivity index (χ2v) is 7.28. The summed E-state index contributed by atoms with van der Waals surface area (Å²) < 4.78 is 6.85. The largest absolute Gasteiger partial charge is 0.433 e. The zero-order chi connectivity index (χ0) is 20.1. The first-order valence-electron chi connectivity index (χ1n) is 10.1. The maximum Gasteiger partial charge on any atom is 0.433 e. The van der Waals surface area contributed by atoms with Gasteiger partial charge in [0.25, 0.3) is 5.56 Å². The summed E-state index contributed by atoms with van der Waals surface area (Å²) in [5.74, 6) is 0.518. The molecule has 1 saturated heterocycles. The summed E-state index contributed by atoms with van der Waals surface area (Å²) in [5, 5.41) is 6.61. The molecule has 9 nitrogen and oxygen atoms in total. The number of fused-ring (bicyclic) bond motifs is 1. The Labute approximate surface area is 168 Å². The molecule has 2 fully saturated rings. The van der Waals surface area contributed by atoms with E-state index in [0.29, 0.717) is 37.8 Å². The predicted octanol–water partition coefficient (Wildman–Crippen LogP) is 1.92. The van der Waals surface area contributed by atoms with E-state index in [0.717, 1.165) is 25.7 Å². The van der Waals surface area contributed by atoms with Crippen molar-refractivity contribution in [3.63, 3.8) is 0 Å². The highest BCUT2D eigenvalue weighted by atomic mass is 16.7. The van der Waals surface area contributed by atoms with Gasteiger partial charge < -0.3 is 15.0 Å². The van der Waals surface area contributed by atoms with Crippen molar-refractivity contribution in [2.24, 2.45) is 5.16 Å². The van der Waals surface area contributed by atoms with Crippen molar-refractivity contribution in [2.75, 3.05) is 31.2 Å². The average Bonchev–Trinajstić information content (AvgIpc) is 2.76. The highest BCUT2D eigenvalue weighted by Crippen LogP contribution is 2.18. The Bertz CT molecular complexity index is 946. The lowest BCUT2D eigenvalue weighted by Gasteiger charge is -2.28. The van der Waals surface area contributed by atoms with Crippen LogP contribution in [0.3, 0.4) is 0 Å². The average molecular weight is 399 g/mol. The van der Waals surface area contributed by atoms with Crippen LogP contribution in [0.5, 0.6) is 0 Å². The monoisotopic (exact) mass is 399 g/mol. The van der Waals surface area contributed by atoms with Crippen molar-refractivity contribution >= 4 is 23.8 Å². The van der Waals surface area contributed by atoms with Crippen LogP contribution >= 0.6 is 0 Å². The van der Waals surface area contributed by atoms with Gasteiger partial charge in [-0.3, -0.25) is 14.0 Å². The van der Waals surface area contributed by atoms with Crippen molar-refractivity contribution in [2.45, 2.75) is 38.1 Å². The zero-order valence-corrected chi connectivity index (χ0v) is 16.2. The van der Waals surface area contributed by atoms with Crippen LogP contribution in [-0.4, -0.2) is 54.0 Å². The van der Waals surface area contributed by atoms with E-state index in [4.69, 9.17) is 9.57 Å². The number of amides is 1. The molecule has 1 saturated carbocycles. The number of ether oxygens (including phenoxy) is 1. The summed E-state index contributed by atoms with van der Waals surface area (Å²) >= 11 is 0. The molecule has 0 unspecified atom stereocenters. The van der Waals surface area contributed by atoms with E-state index >= 15 is 0 Å². The van der Waals surface area contributed by atoms with Crippen molar-refractivity contribution < 1.29 is 14.4 Å². The Hall–Kier alpha value is -2.94. The molecular formula is C20H25N5O4. The Morgan fingerprint density at radius 3 is 2.83 bits per heavy atom. The van der Waals surface area contributed by atoms with Gasteiger partial charge in [0.2, 0.25) is 0 Å². The van der Waals surface area contributed by atoms with Crippen LogP contribution in [0.4, 0.5) is 10.6 Å². The number of nitrogens with one attached hydrogen (secondary N) is 1. The van der Waals surface area contributed by atoms with E-state index < -0.39 is 6.09 Å². The van der Waals surface area contributed by atoms with Gasteiger partial charge in [-0.1, -0.05) is 30.5 Å². The summed E-state index contributed by atoms with van der Waals surface area (Å²) in [6.45, 7) is 2.37. The van der Waals surface area contributed by atoms with E-state index in [9.17, 15) is 9.59 Å². The van der Waals surface area contributed by atoms with Crippen molar-refractivity contribution in [1.29, 1.82) is 0 Å². The van der Waals surface area contributed by atoms with Crippen LogP contribution in [-0.2, 0) is 9.57 Å². The van der Waals surface area contributed by atoms with E-state index in [1.807, 2.05) is 11.0 Å². The molecule has 9 heteroatoms. The van der Waals surface area contributed by atoms with Gasteiger partial charge in [-0.15, -0.1) is 0 Å². The van der Waals surface area contributed by atoms with Gasteiger partial charge >= 0.3 is 6.09 Å². The van der Waals surface area contributed by atoms with E-state index in [1.54, 1.807) is 18.3 Å². The van der Waals surface area contributed by atoms with Crippen molar-refractivity contribution in [3.8, 4) is 0 Å². The first-order chi connectivity index (χ1) is 14.2. The number of pyridine rings is 1. The summed E-state index contributed by atoms with van der Waals surface area (Å²) in [6.07, 6.45) is 7.66. The van der Waals surface area contributed by atoms with E-state index in [2.05, 4.69) is 15.5 Å². The molecule has 1 aliphatic heterocycles. The Morgan fingerprint density at radius 2 is 2.03 bits per heavy atom. The number of hydrogen-bond donors (Lipinski definition) is 1. The number of hydrogen-bond acceptors (Lipinski definition) is 7. The van der Waals surface area contributed by atoms with Gasteiger partial charge in [-0.25, -0.2) is 9.78 Å². The fourth-order valence-electron chi connectivity index (χ4n) is 3.79. The molecule has 1 N–H and O–H groups in total.